The van der Waals surface area contributed by atoms with Crippen molar-refractivity contribution in [2.45, 2.75) is 6.10 Å². The van der Waals surface area contributed by atoms with Crippen LogP contribution < -0.4 is 14.9 Å². The largest absolute Gasteiger partial charge is 0.504 e. The Morgan fingerprint density at radius 1 is 1.17 bits per heavy atom. The number of fused-ring (bicyclic) bond motifs is 1. The third-order valence-electron chi connectivity index (χ3n) is 3.23. The molecule has 2 aromatic carbocycles. The number of phenolic OH excluding ortho intramolecular Hbond substituents is 2. The molecule has 1 aliphatic rings. The molecule has 0 bridgehead atoms. The summed E-state index contributed by atoms with van der Waals surface area (Å²) < 4.78 is 11.0. The molecule has 7 heteroatoms. The van der Waals surface area contributed by atoms with Crippen LogP contribution in [0.25, 0.3) is 0 Å². The Morgan fingerprint density at radius 2 is 1.96 bits per heavy atom. The molecule has 0 saturated carbocycles. The van der Waals surface area contributed by atoms with E-state index in [1.165, 1.54) is 12.3 Å². The summed E-state index contributed by atoms with van der Waals surface area (Å²) in [5.41, 5.74) is 2.59. The van der Waals surface area contributed by atoms with Gasteiger partial charge in [-0.25, -0.2) is 5.43 Å². The van der Waals surface area contributed by atoms with Gasteiger partial charge in [0.25, 0.3) is 5.91 Å². The number of carbonyl (C=O) groups is 1. The number of para-hydroxylation sites is 3. The number of rotatable bonds is 3. The fourth-order valence-corrected chi connectivity index (χ4v) is 2.04. The van der Waals surface area contributed by atoms with E-state index in [4.69, 9.17) is 9.47 Å². The number of aromatic hydroxyl groups is 2. The number of benzene rings is 2. The summed E-state index contributed by atoms with van der Waals surface area (Å²) in [5.74, 6) is 0.0335. The topological polar surface area (TPSA) is 100 Å². The molecule has 1 amide bonds. The molecule has 3 rings (SSSR count). The van der Waals surface area contributed by atoms with Crippen molar-refractivity contribution >= 4 is 12.1 Å². The normalized spacial score (nSPS) is 16.3. The molecule has 3 N–H and O–H groups in total. The molecule has 0 spiro atoms. The third kappa shape index (κ3) is 3.18. The summed E-state index contributed by atoms with van der Waals surface area (Å²) in [4.78, 5) is 12.0. The van der Waals surface area contributed by atoms with Gasteiger partial charge in [0.2, 0.25) is 6.10 Å². The van der Waals surface area contributed by atoms with Gasteiger partial charge < -0.3 is 19.7 Å². The number of nitrogens with zero attached hydrogens (tertiary/aromatic N) is 1. The predicted molar refractivity (Wildman–Crippen MR) is 81.9 cm³/mol. The number of phenols is 2. The highest BCUT2D eigenvalue weighted by molar-refractivity contribution is 5.87. The van der Waals surface area contributed by atoms with Gasteiger partial charge in [-0.2, -0.15) is 5.10 Å². The number of amides is 1. The first kappa shape index (κ1) is 14.7. The van der Waals surface area contributed by atoms with Crippen molar-refractivity contribution in [3.8, 4) is 23.0 Å². The summed E-state index contributed by atoms with van der Waals surface area (Å²) in [6.07, 6.45) is 0.407. The number of nitrogens with one attached hydrogen (secondary N) is 1. The summed E-state index contributed by atoms with van der Waals surface area (Å²) >= 11 is 0. The lowest BCUT2D eigenvalue weighted by Crippen LogP contribution is -2.42. The predicted octanol–water partition coefficient (Wildman–Crippen LogP) is 1.39. The fourth-order valence-electron chi connectivity index (χ4n) is 2.04. The molecule has 118 valence electrons. The minimum atomic E-state index is -0.820. The Bertz CT molecular complexity index is 760. The Hall–Kier alpha value is -3.22. The summed E-state index contributed by atoms with van der Waals surface area (Å²) in [6.45, 7) is 0.0791. The van der Waals surface area contributed by atoms with Crippen LogP contribution in [-0.4, -0.2) is 35.0 Å². The minimum absolute atomic E-state index is 0.0791. The fraction of sp³-hybridized carbons (Fsp3) is 0.125. The number of hydrogen-bond donors (Lipinski definition) is 3. The van der Waals surface area contributed by atoms with Crippen molar-refractivity contribution < 1.29 is 24.5 Å². The maximum atomic E-state index is 12.0. The van der Waals surface area contributed by atoms with E-state index < -0.39 is 12.0 Å². The molecule has 1 aliphatic heterocycles. The van der Waals surface area contributed by atoms with Gasteiger partial charge in [0.05, 0.1) is 6.21 Å². The van der Waals surface area contributed by atoms with Gasteiger partial charge >= 0.3 is 0 Å². The number of ether oxygens (including phenoxy) is 2. The van der Waals surface area contributed by atoms with Gasteiger partial charge in [0.15, 0.2) is 23.0 Å². The Morgan fingerprint density at radius 3 is 2.78 bits per heavy atom. The van der Waals surface area contributed by atoms with Gasteiger partial charge in [0.1, 0.15) is 6.61 Å². The minimum Gasteiger partial charge on any atom is -0.504 e. The molecule has 7 nitrogen and oxygen atoms in total. The second kappa shape index (κ2) is 6.27. The summed E-state index contributed by atoms with van der Waals surface area (Å²) in [7, 11) is 0. The molecule has 0 fully saturated rings. The first-order valence-electron chi connectivity index (χ1n) is 6.87. The van der Waals surface area contributed by atoms with Crippen LogP contribution >= 0.6 is 0 Å². The molecular weight excluding hydrogens is 300 g/mol. The Labute approximate surface area is 131 Å². The number of carbonyl (C=O) groups excluding carboxylic acids is 1. The lowest BCUT2D eigenvalue weighted by Gasteiger charge is -2.24. The molecule has 1 atom stereocenters. The smallest absolute Gasteiger partial charge is 0.284 e. The number of hydrogen-bond acceptors (Lipinski definition) is 6. The molecule has 0 saturated heterocycles. The van der Waals surface area contributed by atoms with Crippen molar-refractivity contribution in [1.29, 1.82) is 0 Å². The van der Waals surface area contributed by atoms with Crippen molar-refractivity contribution in [3.63, 3.8) is 0 Å². The van der Waals surface area contributed by atoms with Crippen LogP contribution in [0.2, 0.25) is 0 Å². The van der Waals surface area contributed by atoms with Gasteiger partial charge in [-0.1, -0.05) is 18.2 Å². The lowest BCUT2D eigenvalue weighted by molar-refractivity contribution is -0.130. The van der Waals surface area contributed by atoms with E-state index in [0.29, 0.717) is 11.5 Å². The van der Waals surface area contributed by atoms with Crippen LogP contribution in [0.5, 0.6) is 23.0 Å². The van der Waals surface area contributed by atoms with Crippen LogP contribution in [0, 0.1) is 0 Å². The van der Waals surface area contributed by atoms with Crippen molar-refractivity contribution in [1.82, 2.24) is 5.43 Å². The standard InChI is InChI=1S/C16H14N2O5/c19-11-5-3-4-10(15(11)20)8-17-18-16(21)14-9-22-12-6-1-2-7-13(12)23-14/h1-8,14,19-20H,9H2,(H,18,21)/b17-8+. The number of hydrazone groups is 1. The van der Waals surface area contributed by atoms with Gasteiger partial charge in [0, 0.05) is 5.56 Å². The molecule has 0 aromatic heterocycles. The van der Waals surface area contributed by atoms with Gasteiger partial charge in [-0.15, -0.1) is 0 Å². The molecule has 1 unspecified atom stereocenters. The zero-order valence-electron chi connectivity index (χ0n) is 12.0. The molecule has 0 aliphatic carbocycles. The maximum Gasteiger partial charge on any atom is 0.284 e. The van der Waals surface area contributed by atoms with Crippen molar-refractivity contribution in [3.05, 3.63) is 48.0 Å². The highest BCUT2D eigenvalue weighted by atomic mass is 16.6. The first-order chi connectivity index (χ1) is 11.1. The first-order valence-corrected chi connectivity index (χ1v) is 6.87. The molecule has 2 aromatic rings. The van der Waals surface area contributed by atoms with E-state index >= 15 is 0 Å². The van der Waals surface area contributed by atoms with Crippen LogP contribution in [-0.2, 0) is 4.79 Å². The van der Waals surface area contributed by atoms with Crippen molar-refractivity contribution in [2.75, 3.05) is 6.61 Å². The summed E-state index contributed by atoms with van der Waals surface area (Å²) in [5, 5.41) is 22.7. The quantitative estimate of drug-likeness (QED) is 0.451. The highest BCUT2D eigenvalue weighted by Crippen LogP contribution is 2.31. The Balaban J connectivity index is 1.62. The third-order valence-corrected chi connectivity index (χ3v) is 3.23. The zero-order valence-corrected chi connectivity index (χ0v) is 12.0. The van der Waals surface area contributed by atoms with Crippen LogP contribution in [0.1, 0.15) is 5.56 Å². The molecule has 23 heavy (non-hydrogen) atoms. The second-order valence-corrected chi connectivity index (χ2v) is 4.81. The SMILES string of the molecule is O=C(N/N=C/c1cccc(O)c1O)C1COc2ccccc2O1. The Kier molecular flexibility index (Phi) is 4.01. The van der Waals surface area contributed by atoms with Crippen molar-refractivity contribution in [2.24, 2.45) is 5.10 Å². The highest BCUT2D eigenvalue weighted by Gasteiger charge is 2.26. The summed E-state index contributed by atoms with van der Waals surface area (Å²) in [6, 6.07) is 11.5. The van der Waals surface area contributed by atoms with Gasteiger partial charge in [-0.05, 0) is 24.3 Å². The van der Waals surface area contributed by atoms with E-state index in [0.717, 1.165) is 0 Å². The average molecular weight is 314 g/mol. The molecule has 1 heterocycles. The molecule has 0 radical (unpaired) electrons. The maximum absolute atomic E-state index is 12.0. The van der Waals surface area contributed by atoms with Crippen LogP contribution in [0.15, 0.2) is 47.6 Å². The van der Waals surface area contributed by atoms with E-state index in [9.17, 15) is 15.0 Å². The van der Waals surface area contributed by atoms with E-state index in [-0.39, 0.29) is 23.7 Å². The van der Waals surface area contributed by atoms with Gasteiger partial charge in [-0.3, -0.25) is 4.79 Å². The molecular formula is C16H14N2O5. The lowest BCUT2D eigenvalue weighted by atomic mass is 10.2. The van der Waals surface area contributed by atoms with E-state index in [1.54, 1.807) is 30.3 Å². The van der Waals surface area contributed by atoms with Crippen LogP contribution in [0.3, 0.4) is 0 Å². The monoisotopic (exact) mass is 314 g/mol. The average Bonchev–Trinajstić information content (AvgIpc) is 2.58. The zero-order chi connectivity index (χ0) is 16.2. The second-order valence-electron chi connectivity index (χ2n) is 4.81. The van der Waals surface area contributed by atoms with E-state index in [1.807, 2.05) is 6.07 Å². The van der Waals surface area contributed by atoms with Crippen LogP contribution in [0.4, 0.5) is 0 Å². The van der Waals surface area contributed by atoms with E-state index in [2.05, 4.69) is 10.5 Å².